The lowest BCUT2D eigenvalue weighted by molar-refractivity contribution is -0.385. The average Bonchev–Trinajstić information content (AvgIpc) is 2.82. The van der Waals surface area contributed by atoms with E-state index in [2.05, 4.69) is 10.3 Å². The third kappa shape index (κ3) is 6.86. The molecule has 1 N–H and O–H groups in total. The van der Waals surface area contributed by atoms with Crippen LogP contribution in [0.5, 0.6) is 5.75 Å². The van der Waals surface area contributed by atoms with Gasteiger partial charge in [0, 0.05) is 29.4 Å². The van der Waals surface area contributed by atoms with Gasteiger partial charge in [-0.1, -0.05) is 11.6 Å². The zero-order chi connectivity index (χ0) is 30.0. The Bertz CT molecular complexity index is 1510. The highest BCUT2D eigenvalue weighted by Crippen LogP contribution is 2.38. The first-order valence-corrected chi connectivity index (χ1v) is 12.3. The number of pyridine rings is 1. The van der Waals surface area contributed by atoms with E-state index in [1.54, 1.807) is 41.5 Å². The van der Waals surface area contributed by atoms with Gasteiger partial charge in [0.15, 0.2) is 5.75 Å². The fraction of sp³-hybridized carbons (Fsp3) is 0.333. The van der Waals surface area contributed by atoms with Crippen molar-refractivity contribution in [3.8, 4) is 11.8 Å². The minimum Gasteiger partial charge on any atom is -0.490 e. The van der Waals surface area contributed by atoms with E-state index in [0.29, 0.717) is 16.1 Å². The monoisotopic (exact) mass is 569 g/mol. The third-order valence-electron chi connectivity index (χ3n) is 5.10. The molecule has 0 aliphatic rings. The van der Waals surface area contributed by atoms with Gasteiger partial charge in [-0.3, -0.25) is 15.1 Å². The number of aromatic nitrogens is 1. The van der Waals surface area contributed by atoms with Crippen LogP contribution in [-0.2, 0) is 9.47 Å². The van der Waals surface area contributed by atoms with Crippen molar-refractivity contribution < 1.29 is 28.7 Å². The molecule has 1 heterocycles. The number of rotatable bonds is 5. The number of amides is 2. The molecule has 0 fully saturated rings. The van der Waals surface area contributed by atoms with Gasteiger partial charge in [-0.15, -0.1) is 0 Å². The fourth-order valence-electron chi connectivity index (χ4n) is 3.53. The van der Waals surface area contributed by atoms with Crippen LogP contribution in [0.25, 0.3) is 10.9 Å². The van der Waals surface area contributed by atoms with Crippen LogP contribution in [0.2, 0.25) is 5.02 Å². The predicted molar refractivity (Wildman–Crippen MR) is 149 cm³/mol. The number of imide groups is 1. The summed E-state index contributed by atoms with van der Waals surface area (Å²) in [5.41, 5.74) is -1.10. The molecule has 0 aliphatic carbocycles. The molecule has 3 rings (SSSR count). The summed E-state index contributed by atoms with van der Waals surface area (Å²) in [7, 11) is 1.30. The van der Waals surface area contributed by atoms with E-state index in [-0.39, 0.29) is 38.8 Å². The summed E-state index contributed by atoms with van der Waals surface area (Å²) in [5, 5.41) is 24.6. The highest BCUT2D eigenvalue weighted by atomic mass is 35.5. The number of carbonyl (C=O) groups excluding carboxylic acids is 2. The number of hydrogen-bond acceptors (Lipinski definition) is 10. The normalized spacial score (nSPS) is 11.4. The number of nitro benzene ring substituents is 1. The fourth-order valence-corrected chi connectivity index (χ4v) is 3.80. The number of nitrogens with one attached hydrogen (secondary N) is 1. The highest BCUT2D eigenvalue weighted by molar-refractivity contribution is 6.35. The molecule has 12 nitrogen and oxygen atoms in total. The van der Waals surface area contributed by atoms with Crippen molar-refractivity contribution in [1.82, 2.24) is 4.98 Å². The first-order valence-electron chi connectivity index (χ1n) is 11.9. The second-order valence-corrected chi connectivity index (χ2v) is 11.0. The van der Waals surface area contributed by atoms with Gasteiger partial charge in [0.1, 0.15) is 17.3 Å². The molecule has 2 aromatic carbocycles. The van der Waals surface area contributed by atoms with Crippen molar-refractivity contribution in [2.75, 3.05) is 17.3 Å². The molecule has 0 atom stereocenters. The lowest BCUT2D eigenvalue weighted by Crippen LogP contribution is -2.44. The molecule has 13 heteroatoms. The molecule has 0 bridgehead atoms. The molecule has 1 aromatic heterocycles. The Labute approximate surface area is 235 Å². The van der Waals surface area contributed by atoms with Crippen LogP contribution in [0, 0.1) is 21.4 Å². The number of ether oxygens (including phenoxy) is 3. The van der Waals surface area contributed by atoms with E-state index < -0.39 is 28.3 Å². The zero-order valence-electron chi connectivity index (χ0n) is 23.0. The summed E-state index contributed by atoms with van der Waals surface area (Å²) >= 11 is 6.54. The van der Waals surface area contributed by atoms with Crippen molar-refractivity contribution in [2.45, 2.75) is 52.7 Å². The molecule has 3 aromatic rings. The van der Waals surface area contributed by atoms with Crippen LogP contribution in [0.4, 0.5) is 32.3 Å². The van der Waals surface area contributed by atoms with Gasteiger partial charge in [-0.05, 0) is 59.7 Å². The molecule has 0 unspecified atom stereocenters. The predicted octanol–water partition coefficient (Wildman–Crippen LogP) is 7.10. The Hall–Kier alpha value is -4.63. The first kappa shape index (κ1) is 29.9. The van der Waals surface area contributed by atoms with Crippen LogP contribution in [0.15, 0.2) is 36.5 Å². The second-order valence-electron chi connectivity index (χ2n) is 10.5. The Morgan fingerprint density at radius 3 is 2.15 bits per heavy atom. The maximum Gasteiger partial charge on any atom is 0.424 e. The Kier molecular flexibility index (Phi) is 8.40. The molecule has 0 saturated heterocycles. The van der Waals surface area contributed by atoms with E-state index >= 15 is 0 Å². The number of halogens is 1. The number of nitriles is 1. The van der Waals surface area contributed by atoms with E-state index in [9.17, 15) is 25.0 Å². The van der Waals surface area contributed by atoms with Crippen molar-refractivity contribution in [1.29, 1.82) is 5.26 Å². The molecular weight excluding hydrogens is 542 g/mol. The van der Waals surface area contributed by atoms with Gasteiger partial charge >= 0.3 is 17.9 Å². The number of anilines is 3. The van der Waals surface area contributed by atoms with Crippen LogP contribution >= 0.6 is 11.6 Å². The zero-order valence-corrected chi connectivity index (χ0v) is 23.7. The summed E-state index contributed by atoms with van der Waals surface area (Å²) in [6.45, 7) is 9.91. The number of methoxy groups -OCH3 is 1. The summed E-state index contributed by atoms with van der Waals surface area (Å²) < 4.78 is 15.9. The summed E-state index contributed by atoms with van der Waals surface area (Å²) in [6.07, 6.45) is -0.659. The Morgan fingerprint density at radius 2 is 1.68 bits per heavy atom. The number of benzene rings is 2. The summed E-state index contributed by atoms with van der Waals surface area (Å²) in [6, 6.07) is 9.00. The Morgan fingerprint density at radius 1 is 1.07 bits per heavy atom. The molecule has 2 amide bonds. The lowest BCUT2D eigenvalue weighted by atomic mass is 10.1. The topological polar surface area (TPSA) is 157 Å². The third-order valence-corrected chi connectivity index (χ3v) is 5.40. The molecule has 0 spiro atoms. The van der Waals surface area contributed by atoms with Crippen LogP contribution in [0.3, 0.4) is 0 Å². The summed E-state index contributed by atoms with van der Waals surface area (Å²) in [4.78, 5) is 41.9. The number of carbonyl (C=O) groups is 2. The van der Waals surface area contributed by atoms with Gasteiger partial charge in [0.2, 0.25) is 0 Å². The highest BCUT2D eigenvalue weighted by Gasteiger charge is 2.34. The van der Waals surface area contributed by atoms with Crippen molar-refractivity contribution in [3.05, 3.63) is 57.2 Å². The smallest absolute Gasteiger partial charge is 0.424 e. The van der Waals surface area contributed by atoms with Crippen molar-refractivity contribution in [3.63, 3.8) is 0 Å². The Balaban J connectivity index is 2.09. The van der Waals surface area contributed by atoms with Crippen LogP contribution < -0.4 is 15.0 Å². The quantitative estimate of drug-likeness (QED) is 0.248. The van der Waals surface area contributed by atoms with E-state index in [0.717, 1.165) is 0 Å². The molecule has 40 heavy (non-hydrogen) atoms. The van der Waals surface area contributed by atoms with E-state index in [4.69, 9.17) is 25.8 Å². The summed E-state index contributed by atoms with van der Waals surface area (Å²) in [5.74, 6) is 0.0115. The standard InChI is InChI=1S/C27H28ClN5O7/c1-26(2,3)39-24(34)32(25(35)40-27(4,5)6)20-9-8-16(10-18(20)28)31-23-15(13-29)14-30-19-12-22(38-7)21(33(36)37)11-17(19)23/h8-12,14H,1-7H3,(H,30,31). The minimum atomic E-state index is -0.988. The SMILES string of the molecule is COc1cc2ncc(C#N)c(Nc3ccc(N(C(=O)OC(C)(C)C)C(=O)OC(C)(C)C)c(Cl)c3)c2cc1[N+](=O)[O-]. The number of nitrogens with zero attached hydrogens (tertiary/aromatic N) is 4. The number of nitro groups is 1. The number of fused-ring (bicyclic) bond motifs is 1. The molecule has 0 saturated carbocycles. The second kappa shape index (κ2) is 11.2. The van der Waals surface area contributed by atoms with Gasteiger partial charge in [0.25, 0.3) is 0 Å². The molecule has 0 radical (unpaired) electrons. The van der Waals surface area contributed by atoms with Gasteiger partial charge in [-0.2, -0.15) is 10.2 Å². The van der Waals surface area contributed by atoms with Gasteiger partial charge < -0.3 is 19.5 Å². The average molecular weight is 570 g/mol. The lowest BCUT2D eigenvalue weighted by Gasteiger charge is -2.29. The van der Waals surface area contributed by atoms with Gasteiger partial charge in [0.05, 0.1) is 39.5 Å². The van der Waals surface area contributed by atoms with Crippen LogP contribution in [0.1, 0.15) is 47.1 Å². The van der Waals surface area contributed by atoms with Gasteiger partial charge in [-0.25, -0.2) is 9.59 Å². The van der Waals surface area contributed by atoms with Crippen molar-refractivity contribution in [2.24, 2.45) is 0 Å². The molecular formula is C27H28ClN5O7. The van der Waals surface area contributed by atoms with Crippen molar-refractivity contribution >= 4 is 57.4 Å². The number of hydrogen-bond donors (Lipinski definition) is 1. The molecule has 210 valence electrons. The molecule has 0 aliphatic heterocycles. The maximum absolute atomic E-state index is 13.0. The van der Waals surface area contributed by atoms with E-state index in [1.807, 2.05) is 6.07 Å². The van der Waals surface area contributed by atoms with E-state index in [1.165, 1.54) is 43.6 Å². The first-order chi connectivity index (χ1) is 18.5. The van der Waals surface area contributed by atoms with Crippen LogP contribution in [-0.4, -0.2) is 40.4 Å². The minimum absolute atomic E-state index is 0.00353. The largest absolute Gasteiger partial charge is 0.490 e. The maximum atomic E-state index is 13.0.